The second-order valence-electron chi connectivity index (χ2n) is 6.15. The van der Waals surface area contributed by atoms with Crippen molar-refractivity contribution in [2.45, 2.75) is 19.3 Å². The molecule has 1 aliphatic rings. The molecule has 1 heterocycles. The minimum Gasteiger partial charge on any atom is -0.489 e. The van der Waals surface area contributed by atoms with Crippen molar-refractivity contribution in [3.8, 4) is 17.2 Å². The lowest BCUT2D eigenvalue weighted by atomic mass is 10.1. The molecule has 1 aliphatic heterocycles. The van der Waals surface area contributed by atoms with Crippen LogP contribution in [0.25, 0.3) is 0 Å². The zero-order chi connectivity index (χ0) is 20.3. The van der Waals surface area contributed by atoms with E-state index in [9.17, 15) is 18.0 Å². The Morgan fingerprint density at radius 1 is 1.21 bits per heavy atom. The zero-order valence-corrected chi connectivity index (χ0v) is 15.6. The van der Waals surface area contributed by atoms with Gasteiger partial charge in [-0.05, 0) is 18.2 Å². The predicted molar refractivity (Wildman–Crippen MR) is 96.0 cm³/mol. The standard InChI is InChI=1S/C19H17ClF3NO4/c1-24(11-12-5-2-3-6-15(12)28-19(21,22)23)18(25)13-9-14(20)17-16(10-13)26-7-4-8-27-17/h2-3,5-6,9-10H,4,7-8,11H2,1H3. The van der Waals surface area contributed by atoms with Crippen LogP contribution >= 0.6 is 11.6 Å². The van der Waals surface area contributed by atoms with Gasteiger partial charge in [0, 0.05) is 31.1 Å². The van der Waals surface area contributed by atoms with Gasteiger partial charge in [-0.15, -0.1) is 13.2 Å². The molecular weight excluding hydrogens is 399 g/mol. The summed E-state index contributed by atoms with van der Waals surface area (Å²) < 4.78 is 52.9. The normalized spacial score (nSPS) is 13.6. The number of halogens is 4. The molecule has 0 fully saturated rings. The molecule has 0 radical (unpaired) electrons. The summed E-state index contributed by atoms with van der Waals surface area (Å²) in [6.45, 7) is 0.798. The van der Waals surface area contributed by atoms with E-state index in [1.54, 1.807) is 6.07 Å². The number of alkyl halides is 3. The lowest BCUT2D eigenvalue weighted by Crippen LogP contribution is -2.27. The van der Waals surface area contributed by atoms with Crippen molar-refractivity contribution >= 4 is 17.5 Å². The van der Waals surface area contributed by atoms with E-state index in [4.69, 9.17) is 21.1 Å². The first-order valence-corrected chi connectivity index (χ1v) is 8.80. The van der Waals surface area contributed by atoms with Crippen LogP contribution in [-0.2, 0) is 6.54 Å². The van der Waals surface area contributed by atoms with Crippen LogP contribution < -0.4 is 14.2 Å². The van der Waals surface area contributed by atoms with E-state index in [2.05, 4.69) is 4.74 Å². The number of hydrogen-bond acceptors (Lipinski definition) is 4. The van der Waals surface area contributed by atoms with E-state index in [0.717, 1.165) is 0 Å². The highest BCUT2D eigenvalue weighted by Crippen LogP contribution is 2.38. The number of amides is 1. The zero-order valence-electron chi connectivity index (χ0n) is 14.9. The van der Waals surface area contributed by atoms with E-state index in [1.165, 1.54) is 42.3 Å². The highest BCUT2D eigenvalue weighted by Gasteiger charge is 2.32. The second-order valence-corrected chi connectivity index (χ2v) is 6.56. The Bertz CT molecular complexity index is 873. The van der Waals surface area contributed by atoms with E-state index < -0.39 is 12.3 Å². The average molecular weight is 416 g/mol. The van der Waals surface area contributed by atoms with Crippen molar-refractivity contribution in [1.29, 1.82) is 0 Å². The minimum atomic E-state index is -4.82. The molecule has 3 rings (SSSR count). The molecule has 0 atom stereocenters. The summed E-state index contributed by atoms with van der Waals surface area (Å²) in [6, 6.07) is 8.63. The molecule has 0 saturated carbocycles. The molecule has 0 N–H and O–H groups in total. The van der Waals surface area contributed by atoms with Crippen molar-refractivity contribution in [2.24, 2.45) is 0 Å². The van der Waals surface area contributed by atoms with E-state index >= 15 is 0 Å². The summed E-state index contributed by atoms with van der Waals surface area (Å²) in [5.41, 5.74) is 0.460. The quantitative estimate of drug-likeness (QED) is 0.728. The molecule has 2 aromatic rings. The van der Waals surface area contributed by atoms with Crippen LogP contribution in [0.15, 0.2) is 36.4 Å². The summed E-state index contributed by atoms with van der Waals surface area (Å²) in [5, 5.41) is 0.233. The van der Waals surface area contributed by atoms with Crippen LogP contribution in [0.1, 0.15) is 22.3 Å². The van der Waals surface area contributed by atoms with Gasteiger partial charge in [-0.2, -0.15) is 0 Å². The number of rotatable bonds is 4. The van der Waals surface area contributed by atoms with E-state index in [1.807, 2.05) is 0 Å². The fourth-order valence-electron chi connectivity index (χ4n) is 2.76. The maximum Gasteiger partial charge on any atom is 0.573 e. The largest absolute Gasteiger partial charge is 0.573 e. The highest BCUT2D eigenvalue weighted by molar-refractivity contribution is 6.32. The first kappa shape index (κ1) is 20.1. The number of carbonyl (C=O) groups is 1. The Balaban J connectivity index is 1.81. The summed E-state index contributed by atoms with van der Waals surface area (Å²) in [7, 11) is 1.48. The summed E-state index contributed by atoms with van der Waals surface area (Å²) in [4.78, 5) is 14.0. The van der Waals surface area contributed by atoms with Crippen molar-refractivity contribution in [3.05, 3.63) is 52.5 Å². The van der Waals surface area contributed by atoms with Gasteiger partial charge in [-0.1, -0.05) is 29.8 Å². The maximum absolute atomic E-state index is 12.8. The van der Waals surface area contributed by atoms with Gasteiger partial charge in [0.1, 0.15) is 5.75 Å². The Morgan fingerprint density at radius 3 is 2.68 bits per heavy atom. The number of hydrogen-bond donors (Lipinski definition) is 0. The Hall–Kier alpha value is -2.61. The van der Waals surface area contributed by atoms with Gasteiger partial charge in [0.25, 0.3) is 5.91 Å². The first-order chi connectivity index (χ1) is 13.2. The van der Waals surface area contributed by atoms with Crippen LogP contribution in [0.3, 0.4) is 0 Å². The van der Waals surface area contributed by atoms with Crippen molar-refractivity contribution in [3.63, 3.8) is 0 Å². The van der Waals surface area contributed by atoms with Gasteiger partial charge in [-0.25, -0.2) is 0 Å². The molecule has 0 saturated heterocycles. The molecular formula is C19H17ClF3NO4. The Kier molecular flexibility index (Phi) is 5.88. The smallest absolute Gasteiger partial charge is 0.489 e. The first-order valence-electron chi connectivity index (χ1n) is 8.43. The molecule has 2 aromatic carbocycles. The van der Waals surface area contributed by atoms with Crippen LogP contribution in [0.4, 0.5) is 13.2 Å². The summed E-state index contributed by atoms with van der Waals surface area (Å²) in [5.74, 6) is -0.0458. The Morgan fingerprint density at radius 2 is 1.93 bits per heavy atom. The van der Waals surface area contributed by atoms with Gasteiger partial charge in [0.05, 0.1) is 18.2 Å². The summed E-state index contributed by atoms with van der Waals surface area (Å²) >= 11 is 6.21. The van der Waals surface area contributed by atoms with Gasteiger partial charge in [0.15, 0.2) is 11.5 Å². The molecule has 0 aliphatic carbocycles. The molecule has 5 nitrogen and oxygen atoms in total. The number of nitrogens with zero attached hydrogens (tertiary/aromatic N) is 1. The minimum absolute atomic E-state index is 0.0862. The predicted octanol–water partition coefficient (Wildman–Crippen LogP) is 4.67. The molecule has 9 heteroatoms. The number of para-hydroxylation sites is 1. The number of carbonyl (C=O) groups excluding carboxylic acids is 1. The monoisotopic (exact) mass is 415 g/mol. The highest BCUT2D eigenvalue weighted by atomic mass is 35.5. The van der Waals surface area contributed by atoms with Crippen molar-refractivity contribution in [1.82, 2.24) is 4.90 Å². The van der Waals surface area contributed by atoms with Crippen LogP contribution in [0.5, 0.6) is 17.2 Å². The molecule has 0 aromatic heterocycles. The third-order valence-corrected chi connectivity index (χ3v) is 4.28. The fraction of sp³-hybridized carbons (Fsp3) is 0.316. The molecule has 150 valence electrons. The molecule has 0 bridgehead atoms. The lowest BCUT2D eigenvalue weighted by Gasteiger charge is -2.20. The fourth-order valence-corrected chi connectivity index (χ4v) is 3.03. The van der Waals surface area contributed by atoms with Crippen LogP contribution in [0, 0.1) is 0 Å². The molecule has 0 spiro atoms. The van der Waals surface area contributed by atoms with Gasteiger partial charge >= 0.3 is 6.36 Å². The van der Waals surface area contributed by atoms with Crippen LogP contribution in [-0.4, -0.2) is 37.4 Å². The van der Waals surface area contributed by atoms with Gasteiger partial charge < -0.3 is 19.1 Å². The van der Waals surface area contributed by atoms with Crippen molar-refractivity contribution < 1.29 is 32.2 Å². The molecule has 1 amide bonds. The number of benzene rings is 2. The molecule has 28 heavy (non-hydrogen) atoms. The topological polar surface area (TPSA) is 48.0 Å². The third-order valence-electron chi connectivity index (χ3n) is 4.00. The molecule has 0 unspecified atom stereocenters. The van der Waals surface area contributed by atoms with E-state index in [0.29, 0.717) is 31.1 Å². The number of fused-ring (bicyclic) bond motifs is 1. The van der Waals surface area contributed by atoms with Gasteiger partial charge in [0.2, 0.25) is 0 Å². The number of ether oxygens (including phenoxy) is 3. The SMILES string of the molecule is CN(Cc1ccccc1OC(F)(F)F)C(=O)c1cc(Cl)c2c(c1)OCCCO2. The third kappa shape index (κ3) is 4.81. The maximum atomic E-state index is 12.8. The average Bonchev–Trinajstić information content (AvgIpc) is 2.87. The van der Waals surface area contributed by atoms with Gasteiger partial charge in [-0.3, -0.25) is 4.79 Å². The Labute approximate surface area is 164 Å². The van der Waals surface area contributed by atoms with Crippen LogP contribution in [0.2, 0.25) is 5.02 Å². The lowest BCUT2D eigenvalue weighted by molar-refractivity contribution is -0.275. The second kappa shape index (κ2) is 8.18. The summed E-state index contributed by atoms with van der Waals surface area (Å²) in [6.07, 6.45) is -4.13. The van der Waals surface area contributed by atoms with E-state index in [-0.39, 0.29) is 28.4 Å². The van der Waals surface area contributed by atoms with Crippen molar-refractivity contribution in [2.75, 3.05) is 20.3 Å².